The number of rotatable bonds is 4. The zero-order valence-electron chi connectivity index (χ0n) is 8.65. The molecule has 0 heterocycles. The first-order valence-corrected chi connectivity index (χ1v) is 4.16. The second kappa shape index (κ2) is 6.35. The number of aliphatic carboxylic acids is 2. The van der Waals surface area contributed by atoms with Crippen LogP contribution in [-0.4, -0.2) is 32.4 Å². The monoisotopic (exact) mass is 250 g/mol. The van der Waals surface area contributed by atoms with E-state index >= 15 is 0 Å². The summed E-state index contributed by atoms with van der Waals surface area (Å²) >= 11 is 0. The summed E-state index contributed by atoms with van der Waals surface area (Å²) < 4.78 is 0. The summed E-state index contributed by atoms with van der Waals surface area (Å²) in [4.78, 5) is 20.7. The molecule has 0 aromatic rings. The van der Waals surface area contributed by atoms with Gasteiger partial charge in [-0.05, 0) is 12.2 Å². The van der Waals surface area contributed by atoms with Gasteiger partial charge in [-0.1, -0.05) is 0 Å². The van der Waals surface area contributed by atoms with Crippen LogP contribution in [0.3, 0.4) is 0 Å². The van der Waals surface area contributed by atoms with Crippen molar-refractivity contribution in [2.45, 2.75) is 0 Å². The molecule has 0 rings (SSSR count). The van der Waals surface area contributed by atoms with Gasteiger partial charge in [0.1, 0.15) is 23.3 Å². The van der Waals surface area contributed by atoms with E-state index in [1.165, 1.54) is 12.1 Å². The van der Waals surface area contributed by atoms with Crippen molar-refractivity contribution in [3.05, 3.63) is 34.8 Å². The van der Waals surface area contributed by atoms with Crippen molar-refractivity contribution >= 4 is 11.9 Å². The quantitative estimate of drug-likeness (QED) is 0.241. The summed E-state index contributed by atoms with van der Waals surface area (Å²) in [5.74, 6) is -6.05. The van der Waals surface area contributed by atoms with E-state index in [9.17, 15) is 9.59 Å². The Labute approximate surface area is 100 Å². The van der Waals surface area contributed by atoms with E-state index in [1.807, 2.05) is 0 Å². The molecule has 0 spiro atoms. The first-order valence-electron chi connectivity index (χ1n) is 4.16. The van der Waals surface area contributed by atoms with Gasteiger partial charge in [0.15, 0.2) is 0 Å². The normalized spacial score (nSPS) is 13.0. The maximum atomic E-state index is 10.3. The van der Waals surface area contributed by atoms with E-state index in [0.29, 0.717) is 12.2 Å². The summed E-state index contributed by atoms with van der Waals surface area (Å²) in [5.41, 5.74) is -1.40. The molecule has 18 heavy (non-hydrogen) atoms. The lowest BCUT2D eigenvalue weighted by Crippen LogP contribution is -2.03. The number of nitrogens with zero attached hydrogens (tertiary/aromatic N) is 2. The second-order valence-electron chi connectivity index (χ2n) is 2.69. The molecule has 0 radical (unpaired) electrons. The van der Waals surface area contributed by atoms with Gasteiger partial charge in [0.25, 0.3) is 0 Å². The third kappa shape index (κ3) is 3.72. The Morgan fingerprint density at radius 1 is 0.778 bits per heavy atom. The molecule has 0 saturated heterocycles. The molecule has 0 saturated carbocycles. The zero-order chi connectivity index (χ0) is 14.3. The average molecular weight is 250 g/mol. The van der Waals surface area contributed by atoms with E-state index in [0.717, 1.165) is 0 Å². The maximum Gasteiger partial charge on any atom is 0.372 e. The van der Waals surface area contributed by atoms with Gasteiger partial charge >= 0.3 is 11.9 Å². The molecule has 0 aromatic heterocycles. The van der Waals surface area contributed by atoms with E-state index in [2.05, 4.69) is 0 Å². The Bertz CT molecular complexity index is 506. The third-order valence-corrected chi connectivity index (χ3v) is 1.57. The second-order valence-corrected chi connectivity index (χ2v) is 2.69. The minimum absolute atomic E-state index is 0.696. The van der Waals surface area contributed by atoms with Gasteiger partial charge in [0, 0.05) is 0 Å². The number of allylic oxidation sites excluding steroid dienone is 4. The van der Waals surface area contributed by atoms with Crippen molar-refractivity contribution in [1.29, 1.82) is 10.5 Å². The molecule has 0 atom stereocenters. The molecule has 92 valence electrons. The summed E-state index contributed by atoms with van der Waals surface area (Å²) in [6.07, 6.45) is 1.39. The van der Waals surface area contributed by atoms with E-state index < -0.39 is 34.6 Å². The number of carboxylic acid groups (broad SMARTS) is 2. The van der Waals surface area contributed by atoms with Crippen LogP contribution in [0.1, 0.15) is 0 Å². The Morgan fingerprint density at radius 3 is 1.22 bits per heavy atom. The Kier molecular flexibility index (Phi) is 5.20. The van der Waals surface area contributed by atoms with Gasteiger partial charge in [-0.3, -0.25) is 0 Å². The molecular weight excluding hydrogens is 244 g/mol. The van der Waals surface area contributed by atoms with Crippen LogP contribution < -0.4 is 0 Å². The minimum atomic E-state index is -1.76. The lowest BCUT2D eigenvalue weighted by atomic mass is 10.1. The Hall–Kier alpha value is -3.26. The van der Waals surface area contributed by atoms with Gasteiger partial charge in [0.05, 0.1) is 0 Å². The van der Waals surface area contributed by atoms with Crippen molar-refractivity contribution in [2.75, 3.05) is 0 Å². The van der Waals surface area contributed by atoms with Crippen LogP contribution in [0, 0.1) is 22.7 Å². The SMILES string of the molecule is N#CC(/C=C/C(C#N)=C(\O)C(=O)O)=C(/O)C(=O)O. The molecule has 0 amide bonds. The smallest absolute Gasteiger partial charge is 0.372 e. The molecule has 0 aliphatic rings. The summed E-state index contributed by atoms with van der Waals surface area (Å²) in [7, 11) is 0. The van der Waals surface area contributed by atoms with Crippen molar-refractivity contribution < 1.29 is 30.0 Å². The fourth-order valence-electron chi connectivity index (χ4n) is 0.735. The minimum Gasteiger partial charge on any atom is -0.501 e. The maximum absolute atomic E-state index is 10.3. The molecule has 0 unspecified atom stereocenters. The highest BCUT2D eigenvalue weighted by Gasteiger charge is 2.12. The van der Waals surface area contributed by atoms with Gasteiger partial charge in [-0.25, -0.2) is 9.59 Å². The number of nitriles is 2. The van der Waals surface area contributed by atoms with Crippen LogP contribution in [0.5, 0.6) is 0 Å². The molecule has 0 aliphatic heterocycles. The number of carboxylic acids is 2. The van der Waals surface area contributed by atoms with Crippen LogP contribution in [0.25, 0.3) is 0 Å². The molecule has 8 heteroatoms. The van der Waals surface area contributed by atoms with Crippen molar-refractivity contribution in [2.24, 2.45) is 0 Å². The van der Waals surface area contributed by atoms with E-state index in [1.54, 1.807) is 0 Å². The molecule has 0 bridgehead atoms. The van der Waals surface area contributed by atoms with Gasteiger partial charge < -0.3 is 20.4 Å². The molecular formula is C10H6N2O6. The Balaban J connectivity index is 5.54. The summed E-state index contributed by atoms with van der Waals surface area (Å²) in [6.45, 7) is 0. The van der Waals surface area contributed by atoms with E-state index in [4.69, 9.17) is 30.9 Å². The predicted octanol–water partition coefficient (Wildman–Crippen LogP) is 0.383. The molecule has 0 fully saturated rings. The summed E-state index contributed by atoms with van der Waals surface area (Å²) in [6, 6.07) is 2.66. The van der Waals surface area contributed by atoms with Gasteiger partial charge in [-0.2, -0.15) is 10.5 Å². The first kappa shape index (κ1) is 14.7. The molecule has 0 aromatic carbocycles. The van der Waals surface area contributed by atoms with Crippen molar-refractivity contribution in [3.63, 3.8) is 0 Å². The van der Waals surface area contributed by atoms with Crippen molar-refractivity contribution in [1.82, 2.24) is 0 Å². The number of hydrogen-bond donors (Lipinski definition) is 4. The topological polar surface area (TPSA) is 163 Å². The molecule has 4 N–H and O–H groups in total. The highest BCUT2D eigenvalue weighted by molar-refractivity contribution is 5.87. The first-order chi connectivity index (χ1) is 8.34. The van der Waals surface area contributed by atoms with Crippen LogP contribution in [-0.2, 0) is 9.59 Å². The van der Waals surface area contributed by atoms with Crippen LogP contribution in [0.4, 0.5) is 0 Å². The Morgan fingerprint density at radius 2 is 1.06 bits per heavy atom. The predicted molar refractivity (Wildman–Crippen MR) is 54.9 cm³/mol. The largest absolute Gasteiger partial charge is 0.501 e. The average Bonchev–Trinajstić information content (AvgIpc) is 2.33. The highest BCUT2D eigenvalue weighted by Crippen LogP contribution is 2.08. The van der Waals surface area contributed by atoms with Crippen LogP contribution >= 0.6 is 0 Å². The third-order valence-electron chi connectivity index (χ3n) is 1.57. The van der Waals surface area contributed by atoms with Crippen LogP contribution in [0.2, 0.25) is 0 Å². The van der Waals surface area contributed by atoms with Crippen molar-refractivity contribution in [3.8, 4) is 12.1 Å². The van der Waals surface area contributed by atoms with Gasteiger partial charge in [-0.15, -0.1) is 0 Å². The summed E-state index contributed by atoms with van der Waals surface area (Å²) in [5, 5.41) is 51.7. The number of aliphatic hydroxyl groups excluding tert-OH is 2. The van der Waals surface area contributed by atoms with E-state index in [-0.39, 0.29) is 0 Å². The lowest BCUT2D eigenvalue weighted by molar-refractivity contribution is -0.136. The van der Waals surface area contributed by atoms with Crippen LogP contribution in [0.15, 0.2) is 34.8 Å². The zero-order valence-corrected chi connectivity index (χ0v) is 8.65. The fraction of sp³-hybridized carbons (Fsp3) is 0. The number of hydrogen-bond acceptors (Lipinski definition) is 6. The number of aliphatic hydroxyl groups is 2. The van der Waals surface area contributed by atoms with Gasteiger partial charge in [0.2, 0.25) is 11.5 Å². The molecule has 0 aliphatic carbocycles. The number of carbonyl (C=O) groups is 2. The molecule has 8 nitrogen and oxygen atoms in total. The fourth-order valence-corrected chi connectivity index (χ4v) is 0.735. The standard InChI is InChI=1S/C10H6N2O6/c11-3-5(7(13)9(15)16)1-2-6(4-12)8(14)10(17)18/h1-2,13-14H,(H,15,16)(H,17,18)/b2-1+,7-5+,8-6+. The lowest BCUT2D eigenvalue weighted by Gasteiger charge is -1.95. The highest BCUT2D eigenvalue weighted by atomic mass is 16.4.